The minimum Gasteiger partial charge on any atom is -0.494 e. The van der Waals surface area contributed by atoms with Crippen molar-refractivity contribution in [3.8, 4) is 5.75 Å². The molecule has 7 heteroatoms. The maximum atomic E-state index is 12.8. The first kappa shape index (κ1) is 17.9. The highest BCUT2D eigenvalue weighted by Crippen LogP contribution is 2.40. The van der Waals surface area contributed by atoms with Crippen molar-refractivity contribution >= 4 is 17.3 Å². The van der Waals surface area contributed by atoms with Crippen molar-refractivity contribution in [2.45, 2.75) is 32.5 Å². The van der Waals surface area contributed by atoms with Crippen LogP contribution in [0.1, 0.15) is 30.6 Å². The Morgan fingerprint density at radius 2 is 2.04 bits per heavy atom. The Morgan fingerprint density at radius 1 is 1.38 bits per heavy atom. The minimum atomic E-state index is -0.877. The average Bonchev–Trinajstić information content (AvgIpc) is 2.99. The Balaban J connectivity index is 0.00000100. The highest BCUT2D eigenvalue weighted by molar-refractivity contribution is 6.02. The molecular weight excluding hydrogens is 310 g/mol. The van der Waals surface area contributed by atoms with Crippen LogP contribution in [0.15, 0.2) is 29.5 Å². The van der Waals surface area contributed by atoms with E-state index in [-0.39, 0.29) is 23.4 Å². The lowest BCUT2D eigenvalue weighted by atomic mass is 10.1. The van der Waals surface area contributed by atoms with Gasteiger partial charge in [0.05, 0.1) is 24.4 Å². The number of fused-ring (bicyclic) bond motifs is 2. The summed E-state index contributed by atoms with van der Waals surface area (Å²) in [5, 5.41) is 13.5. The van der Waals surface area contributed by atoms with Crippen LogP contribution in [-0.2, 0) is 0 Å². The monoisotopic (exact) mass is 333 g/mol. The molecule has 2 aliphatic rings. The van der Waals surface area contributed by atoms with Gasteiger partial charge < -0.3 is 19.6 Å². The number of carbonyl (C=O) groups excluding carboxylic acids is 1. The van der Waals surface area contributed by atoms with Gasteiger partial charge >= 0.3 is 0 Å². The molecule has 0 spiro atoms. The molecule has 2 atom stereocenters. The zero-order chi connectivity index (χ0) is 18.0. The van der Waals surface area contributed by atoms with Gasteiger partial charge in [0.1, 0.15) is 12.0 Å². The average molecular weight is 333 g/mol. The van der Waals surface area contributed by atoms with Crippen LogP contribution >= 0.6 is 0 Å². The molecule has 1 fully saturated rings. The second-order valence-corrected chi connectivity index (χ2v) is 5.61. The molecule has 24 heavy (non-hydrogen) atoms. The molecule has 1 amide bonds. The minimum absolute atomic E-state index is 0.0968. The summed E-state index contributed by atoms with van der Waals surface area (Å²) in [6.07, 6.45) is -0.321. The summed E-state index contributed by atoms with van der Waals surface area (Å²) < 4.78 is 5.12. The molecule has 1 aromatic rings. The molecule has 0 radical (unpaired) electrons. The molecule has 7 nitrogen and oxygen atoms in total. The number of benzene rings is 1. The molecule has 0 bridgehead atoms. The lowest BCUT2D eigenvalue weighted by Crippen LogP contribution is -2.47. The molecule has 0 aromatic heterocycles. The van der Waals surface area contributed by atoms with Crippen LogP contribution in [0.25, 0.3) is 0 Å². The summed E-state index contributed by atoms with van der Waals surface area (Å²) in [5.41, 5.74) is 1.85. The fourth-order valence-electron chi connectivity index (χ4n) is 3.13. The standard InChI is InChI=1S/C15H17N3O4.C2H6/c1-8-4-12-15(20)17(2)11-6-10(16-21)13(22-3)5-9(11)14(19)18(12)7-8;1-2/h5-6,12,15,20H,1,4,7H2,2-3H3;1-2H3. The highest BCUT2D eigenvalue weighted by Gasteiger charge is 2.42. The number of carbonyl (C=O) groups is 1. The van der Waals surface area contributed by atoms with Crippen LogP contribution in [0.5, 0.6) is 5.75 Å². The fourth-order valence-corrected chi connectivity index (χ4v) is 3.13. The largest absolute Gasteiger partial charge is 0.494 e. The molecular formula is C17H23N3O4. The quantitative estimate of drug-likeness (QED) is 0.664. The lowest BCUT2D eigenvalue weighted by molar-refractivity contribution is 0.0527. The van der Waals surface area contributed by atoms with Gasteiger partial charge in [-0.2, -0.15) is 0 Å². The maximum absolute atomic E-state index is 12.8. The smallest absolute Gasteiger partial charge is 0.256 e. The molecule has 0 aliphatic carbocycles. The molecule has 3 rings (SSSR count). The summed E-state index contributed by atoms with van der Waals surface area (Å²) in [7, 11) is 3.10. The maximum Gasteiger partial charge on any atom is 0.256 e. The first-order valence-electron chi connectivity index (χ1n) is 7.91. The van der Waals surface area contributed by atoms with Gasteiger partial charge in [-0.1, -0.05) is 26.0 Å². The van der Waals surface area contributed by atoms with Crippen LogP contribution in [-0.4, -0.2) is 48.9 Å². The van der Waals surface area contributed by atoms with Gasteiger partial charge in [-0.05, 0) is 23.7 Å². The van der Waals surface area contributed by atoms with E-state index in [0.717, 1.165) is 5.57 Å². The molecule has 130 valence electrons. The molecule has 2 heterocycles. The Hall–Kier alpha value is -2.41. The predicted molar refractivity (Wildman–Crippen MR) is 92.8 cm³/mol. The zero-order valence-corrected chi connectivity index (χ0v) is 14.4. The number of ether oxygens (including phenoxy) is 1. The second-order valence-electron chi connectivity index (χ2n) is 5.61. The zero-order valence-electron chi connectivity index (χ0n) is 14.4. The third-order valence-electron chi connectivity index (χ3n) is 4.30. The number of amides is 1. The normalized spacial score (nSPS) is 22.2. The van der Waals surface area contributed by atoms with Crippen molar-refractivity contribution in [2.24, 2.45) is 5.18 Å². The van der Waals surface area contributed by atoms with E-state index in [1.54, 1.807) is 16.8 Å². The van der Waals surface area contributed by atoms with Gasteiger partial charge in [0.25, 0.3) is 5.91 Å². The molecule has 1 N–H and O–H groups in total. The topological polar surface area (TPSA) is 82.4 Å². The number of hydrogen-bond donors (Lipinski definition) is 1. The summed E-state index contributed by atoms with van der Waals surface area (Å²) in [6, 6.07) is 2.62. The van der Waals surface area contributed by atoms with Crippen molar-refractivity contribution < 1.29 is 14.6 Å². The summed E-state index contributed by atoms with van der Waals surface area (Å²) in [5.74, 6) is 0.0271. The molecule has 2 aliphatic heterocycles. The van der Waals surface area contributed by atoms with Crippen LogP contribution in [0.3, 0.4) is 0 Å². The number of aliphatic hydroxyl groups is 1. The van der Waals surface area contributed by atoms with E-state index >= 15 is 0 Å². The number of aliphatic hydroxyl groups excluding tert-OH is 1. The number of nitroso groups, excluding NO2 is 1. The number of anilines is 1. The predicted octanol–water partition coefficient (Wildman–Crippen LogP) is 2.66. The van der Waals surface area contributed by atoms with Gasteiger partial charge in [0, 0.05) is 13.6 Å². The first-order chi connectivity index (χ1) is 11.5. The first-order valence-corrected chi connectivity index (χ1v) is 7.91. The van der Waals surface area contributed by atoms with E-state index in [0.29, 0.717) is 24.2 Å². The Morgan fingerprint density at radius 3 is 2.62 bits per heavy atom. The van der Waals surface area contributed by atoms with Crippen molar-refractivity contribution in [2.75, 3.05) is 25.6 Å². The molecule has 2 unspecified atom stereocenters. The summed E-state index contributed by atoms with van der Waals surface area (Å²) in [6.45, 7) is 8.34. The number of likely N-dealkylation sites (N-methyl/N-ethyl adjacent to an activating group) is 1. The Bertz CT molecular complexity index is 674. The number of methoxy groups -OCH3 is 1. The highest BCUT2D eigenvalue weighted by atomic mass is 16.5. The Kier molecular flexibility index (Phi) is 5.23. The van der Waals surface area contributed by atoms with E-state index in [2.05, 4.69) is 11.8 Å². The summed E-state index contributed by atoms with van der Waals surface area (Å²) >= 11 is 0. The van der Waals surface area contributed by atoms with Crippen LogP contribution in [0.2, 0.25) is 0 Å². The number of nitrogens with zero attached hydrogens (tertiary/aromatic N) is 3. The summed E-state index contributed by atoms with van der Waals surface area (Å²) in [4.78, 5) is 27.0. The Labute approximate surface area is 141 Å². The third kappa shape index (κ3) is 2.75. The molecule has 1 saturated heterocycles. The van der Waals surface area contributed by atoms with E-state index in [1.807, 2.05) is 13.8 Å². The SMILES string of the molecule is C=C1CC2C(O)N(C)c3cc(N=O)c(OC)cc3C(=O)N2C1.CC. The van der Waals surface area contributed by atoms with Crippen LogP contribution in [0, 0.1) is 4.91 Å². The van der Waals surface area contributed by atoms with E-state index < -0.39 is 6.23 Å². The van der Waals surface area contributed by atoms with E-state index in [1.165, 1.54) is 19.2 Å². The van der Waals surface area contributed by atoms with Gasteiger partial charge in [-0.25, -0.2) is 0 Å². The molecule has 1 aromatic carbocycles. The molecule has 0 saturated carbocycles. The van der Waals surface area contributed by atoms with Crippen LogP contribution in [0.4, 0.5) is 11.4 Å². The fraction of sp³-hybridized carbons (Fsp3) is 0.471. The van der Waals surface area contributed by atoms with Crippen molar-refractivity contribution in [3.05, 3.63) is 34.8 Å². The number of rotatable bonds is 2. The van der Waals surface area contributed by atoms with Gasteiger partial charge in [0.2, 0.25) is 0 Å². The van der Waals surface area contributed by atoms with Crippen LogP contribution < -0.4 is 9.64 Å². The van der Waals surface area contributed by atoms with Crippen molar-refractivity contribution in [1.82, 2.24) is 4.90 Å². The van der Waals surface area contributed by atoms with E-state index in [9.17, 15) is 14.8 Å². The van der Waals surface area contributed by atoms with Crippen molar-refractivity contribution in [3.63, 3.8) is 0 Å². The van der Waals surface area contributed by atoms with Gasteiger partial charge in [-0.15, -0.1) is 4.91 Å². The van der Waals surface area contributed by atoms with Gasteiger partial charge in [-0.3, -0.25) is 4.79 Å². The van der Waals surface area contributed by atoms with Gasteiger partial charge in [0.15, 0.2) is 5.69 Å². The van der Waals surface area contributed by atoms with E-state index in [4.69, 9.17) is 4.74 Å². The third-order valence-corrected chi connectivity index (χ3v) is 4.30. The number of hydrogen-bond acceptors (Lipinski definition) is 6. The second kappa shape index (κ2) is 7.00. The van der Waals surface area contributed by atoms with Crippen molar-refractivity contribution in [1.29, 1.82) is 0 Å². The lowest BCUT2D eigenvalue weighted by Gasteiger charge is -2.30.